The summed E-state index contributed by atoms with van der Waals surface area (Å²) in [5, 5.41) is 17.2. The Balaban J connectivity index is 2.02. The Labute approximate surface area is 124 Å². The van der Waals surface area contributed by atoms with Gasteiger partial charge in [-0.1, -0.05) is 6.92 Å². The lowest BCUT2D eigenvalue weighted by Gasteiger charge is -2.23. The first-order valence-corrected chi connectivity index (χ1v) is 7.45. The number of nitrogens with zero attached hydrogens (tertiary/aromatic N) is 2. The van der Waals surface area contributed by atoms with Gasteiger partial charge in [0.15, 0.2) is 0 Å². The van der Waals surface area contributed by atoms with Crippen molar-refractivity contribution in [3.63, 3.8) is 0 Å². The van der Waals surface area contributed by atoms with Gasteiger partial charge in [-0.05, 0) is 25.7 Å². The molecule has 1 aliphatic heterocycles. The third-order valence-electron chi connectivity index (χ3n) is 3.36. The fourth-order valence-corrected chi connectivity index (χ4v) is 2.24. The Hall–Kier alpha value is -1.89. The van der Waals surface area contributed by atoms with Gasteiger partial charge < -0.3 is 15.4 Å². The number of hydrogen-bond acceptors (Lipinski definition) is 6. The molecule has 1 unspecified atom stereocenters. The molecule has 0 bridgehead atoms. The maximum absolute atomic E-state index is 11.0. The number of ether oxygens (including phenoxy) is 1. The van der Waals surface area contributed by atoms with E-state index in [-0.39, 0.29) is 11.8 Å². The van der Waals surface area contributed by atoms with Gasteiger partial charge >= 0.3 is 0 Å². The zero-order chi connectivity index (χ0) is 15.1. The zero-order valence-electron chi connectivity index (χ0n) is 12.3. The molecule has 0 spiro atoms. The molecule has 0 aliphatic carbocycles. The normalized spacial score (nSPS) is 18.2. The first-order chi connectivity index (χ1) is 10.2. The Morgan fingerprint density at radius 1 is 1.38 bits per heavy atom. The predicted molar refractivity (Wildman–Crippen MR) is 81.8 cm³/mol. The third-order valence-corrected chi connectivity index (χ3v) is 3.36. The summed E-state index contributed by atoms with van der Waals surface area (Å²) in [6, 6.07) is 2.91. The van der Waals surface area contributed by atoms with Crippen LogP contribution in [0.5, 0.6) is 0 Å². The van der Waals surface area contributed by atoms with Crippen molar-refractivity contribution in [2.24, 2.45) is 0 Å². The highest BCUT2D eigenvalue weighted by Crippen LogP contribution is 2.21. The Morgan fingerprint density at radius 3 is 2.76 bits per heavy atom. The van der Waals surface area contributed by atoms with Crippen LogP contribution in [0.25, 0.3) is 0 Å². The van der Waals surface area contributed by atoms with Gasteiger partial charge in [-0.25, -0.2) is 4.98 Å². The molecule has 1 aromatic heterocycles. The molecule has 7 nitrogen and oxygen atoms in total. The maximum Gasteiger partial charge on any atom is 0.276 e. The minimum atomic E-state index is -0.402. The van der Waals surface area contributed by atoms with E-state index >= 15 is 0 Å². The monoisotopic (exact) mass is 294 g/mol. The Morgan fingerprint density at radius 2 is 2.14 bits per heavy atom. The van der Waals surface area contributed by atoms with E-state index in [2.05, 4.69) is 15.6 Å². The molecule has 1 saturated heterocycles. The Bertz CT molecular complexity index is 475. The molecule has 7 heteroatoms. The molecule has 2 N–H and O–H groups in total. The van der Waals surface area contributed by atoms with Crippen LogP contribution in [0, 0.1) is 10.1 Å². The summed E-state index contributed by atoms with van der Waals surface area (Å²) in [7, 11) is 0. The second-order valence-corrected chi connectivity index (χ2v) is 5.15. The Kier molecular flexibility index (Phi) is 5.74. The fraction of sp³-hybridized carbons (Fsp3) is 0.643. The number of nitro groups is 1. The standard InChI is InChI=1S/C14H22N4O3/c1-2-6-15-13-8-11(18(19)20)9-14(17-13)16-10-12-5-3-4-7-21-12/h8-9,12H,2-7,10H2,1H3,(H2,15,16,17). The molecule has 0 saturated carbocycles. The van der Waals surface area contributed by atoms with Gasteiger partial charge in [0, 0.05) is 19.7 Å². The number of aromatic nitrogens is 1. The van der Waals surface area contributed by atoms with Gasteiger partial charge in [0.1, 0.15) is 11.6 Å². The van der Waals surface area contributed by atoms with Crippen LogP contribution in [0.15, 0.2) is 12.1 Å². The SMILES string of the molecule is CCCNc1cc([N+](=O)[O-])cc(NCC2CCCCO2)n1. The number of pyridine rings is 1. The van der Waals surface area contributed by atoms with Gasteiger partial charge in [0.05, 0.1) is 23.2 Å². The van der Waals surface area contributed by atoms with Crippen molar-refractivity contribution in [2.75, 3.05) is 30.3 Å². The van der Waals surface area contributed by atoms with Gasteiger partial charge in [0.2, 0.25) is 0 Å². The van der Waals surface area contributed by atoms with E-state index in [1.165, 1.54) is 12.1 Å². The molecule has 1 atom stereocenters. The molecule has 2 rings (SSSR count). The summed E-state index contributed by atoms with van der Waals surface area (Å²) in [5.41, 5.74) is 0.0377. The fourth-order valence-electron chi connectivity index (χ4n) is 2.24. The average Bonchev–Trinajstić information content (AvgIpc) is 2.51. The molecule has 0 aromatic carbocycles. The quantitative estimate of drug-likeness (QED) is 0.593. The lowest BCUT2D eigenvalue weighted by molar-refractivity contribution is -0.384. The number of nitrogens with one attached hydrogen (secondary N) is 2. The van der Waals surface area contributed by atoms with Crippen LogP contribution in [-0.2, 0) is 4.74 Å². The summed E-state index contributed by atoms with van der Waals surface area (Å²) in [4.78, 5) is 14.9. The zero-order valence-corrected chi connectivity index (χ0v) is 12.3. The first-order valence-electron chi connectivity index (χ1n) is 7.45. The van der Waals surface area contributed by atoms with Gasteiger partial charge in [-0.3, -0.25) is 10.1 Å². The van der Waals surface area contributed by atoms with Crippen molar-refractivity contribution in [1.29, 1.82) is 0 Å². The van der Waals surface area contributed by atoms with E-state index in [9.17, 15) is 10.1 Å². The largest absolute Gasteiger partial charge is 0.376 e. The van der Waals surface area contributed by atoms with E-state index in [4.69, 9.17) is 4.74 Å². The molecule has 0 radical (unpaired) electrons. The smallest absolute Gasteiger partial charge is 0.276 e. The van der Waals surface area contributed by atoms with Crippen LogP contribution in [0.4, 0.5) is 17.3 Å². The number of anilines is 2. The second kappa shape index (κ2) is 7.78. The predicted octanol–water partition coefficient (Wildman–Crippen LogP) is 2.79. The van der Waals surface area contributed by atoms with Crippen molar-refractivity contribution in [1.82, 2.24) is 4.98 Å². The van der Waals surface area contributed by atoms with Crippen LogP contribution < -0.4 is 10.6 Å². The van der Waals surface area contributed by atoms with E-state index in [1.54, 1.807) is 0 Å². The first kappa shape index (κ1) is 15.5. The molecule has 21 heavy (non-hydrogen) atoms. The summed E-state index contributed by atoms with van der Waals surface area (Å²) < 4.78 is 5.63. The van der Waals surface area contributed by atoms with E-state index in [0.29, 0.717) is 18.2 Å². The number of rotatable bonds is 7. The molecule has 1 aromatic rings. The van der Waals surface area contributed by atoms with Gasteiger partial charge in [-0.15, -0.1) is 0 Å². The lowest BCUT2D eigenvalue weighted by Crippen LogP contribution is -2.27. The van der Waals surface area contributed by atoms with Crippen molar-refractivity contribution in [3.8, 4) is 0 Å². The summed E-state index contributed by atoms with van der Waals surface area (Å²) >= 11 is 0. The maximum atomic E-state index is 11.0. The molecular weight excluding hydrogens is 272 g/mol. The van der Waals surface area contributed by atoms with Crippen LogP contribution in [-0.4, -0.2) is 35.7 Å². The van der Waals surface area contributed by atoms with Crippen molar-refractivity contribution in [3.05, 3.63) is 22.2 Å². The van der Waals surface area contributed by atoms with Crippen LogP contribution in [0.3, 0.4) is 0 Å². The minimum Gasteiger partial charge on any atom is -0.376 e. The summed E-state index contributed by atoms with van der Waals surface area (Å²) in [5.74, 6) is 1.04. The van der Waals surface area contributed by atoms with Gasteiger partial charge in [-0.2, -0.15) is 0 Å². The average molecular weight is 294 g/mol. The van der Waals surface area contributed by atoms with E-state index < -0.39 is 4.92 Å². The molecule has 1 aliphatic rings. The van der Waals surface area contributed by atoms with Crippen LogP contribution in [0.2, 0.25) is 0 Å². The van der Waals surface area contributed by atoms with E-state index in [0.717, 1.165) is 38.8 Å². The third kappa shape index (κ3) is 4.86. The number of hydrogen-bond donors (Lipinski definition) is 2. The van der Waals surface area contributed by atoms with E-state index in [1.807, 2.05) is 6.92 Å². The highest BCUT2D eigenvalue weighted by molar-refractivity contribution is 5.54. The summed E-state index contributed by atoms with van der Waals surface area (Å²) in [6.07, 6.45) is 4.38. The molecule has 116 valence electrons. The molecular formula is C14H22N4O3. The van der Waals surface area contributed by atoms with Gasteiger partial charge in [0.25, 0.3) is 5.69 Å². The van der Waals surface area contributed by atoms with Crippen LogP contribution in [0.1, 0.15) is 32.6 Å². The van der Waals surface area contributed by atoms with Crippen LogP contribution >= 0.6 is 0 Å². The van der Waals surface area contributed by atoms with Crippen molar-refractivity contribution in [2.45, 2.75) is 38.7 Å². The molecule has 0 amide bonds. The topological polar surface area (TPSA) is 89.3 Å². The molecule has 1 fully saturated rings. The highest BCUT2D eigenvalue weighted by Gasteiger charge is 2.15. The molecule has 2 heterocycles. The highest BCUT2D eigenvalue weighted by atomic mass is 16.6. The minimum absolute atomic E-state index is 0.0377. The van der Waals surface area contributed by atoms with Crippen molar-refractivity contribution < 1.29 is 9.66 Å². The van der Waals surface area contributed by atoms with Crippen molar-refractivity contribution >= 4 is 17.3 Å². The lowest BCUT2D eigenvalue weighted by atomic mass is 10.1. The summed E-state index contributed by atoms with van der Waals surface area (Å²) in [6.45, 7) is 4.18. The second-order valence-electron chi connectivity index (χ2n) is 5.15.